The molecule has 0 aromatic carbocycles. The van der Waals surface area contributed by atoms with Crippen LogP contribution < -0.4 is 5.32 Å². The van der Waals surface area contributed by atoms with Crippen molar-refractivity contribution in [3.8, 4) is 0 Å². The van der Waals surface area contributed by atoms with E-state index < -0.39 is 0 Å². The molecule has 1 N–H and O–H groups in total. The van der Waals surface area contributed by atoms with Crippen molar-refractivity contribution in [2.24, 2.45) is 0 Å². The van der Waals surface area contributed by atoms with E-state index in [1.807, 2.05) is 0 Å². The van der Waals surface area contributed by atoms with Gasteiger partial charge in [0.05, 0.1) is 20.3 Å². The number of carbonyl (C=O) groups excluding carboxylic acids is 1. The van der Waals surface area contributed by atoms with Gasteiger partial charge in [-0.15, -0.1) is 0 Å². The summed E-state index contributed by atoms with van der Waals surface area (Å²) in [5, 5.41) is 3.02. The Hall–Kier alpha value is -1.03. The van der Waals surface area contributed by atoms with Gasteiger partial charge in [-0.2, -0.15) is 0 Å². The minimum absolute atomic E-state index is 0.349. The third-order valence-electron chi connectivity index (χ3n) is 1.35. The molecule has 0 spiro atoms. The Kier molecular flexibility index (Phi) is 2.92. The molecular formula is C7H11NO3. The molecule has 11 heavy (non-hydrogen) atoms. The molecular weight excluding hydrogens is 146 g/mol. The van der Waals surface area contributed by atoms with E-state index in [9.17, 15) is 4.79 Å². The van der Waals surface area contributed by atoms with E-state index >= 15 is 0 Å². The number of rotatable bonds is 1. The number of hydrogen-bond donors (Lipinski definition) is 1. The predicted molar refractivity (Wildman–Crippen MR) is 38.9 cm³/mol. The molecule has 1 fully saturated rings. The maximum absolute atomic E-state index is 10.7. The van der Waals surface area contributed by atoms with Crippen LogP contribution in [0.25, 0.3) is 0 Å². The molecule has 0 atom stereocenters. The second-order valence-electron chi connectivity index (χ2n) is 2.17. The third kappa shape index (κ3) is 2.59. The fraction of sp³-hybridized carbons (Fsp3) is 0.571. The highest BCUT2D eigenvalue weighted by molar-refractivity contribution is 5.82. The van der Waals surface area contributed by atoms with Gasteiger partial charge in [-0.1, -0.05) is 0 Å². The summed E-state index contributed by atoms with van der Waals surface area (Å²) >= 11 is 0. The molecule has 0 aromatic rings. The van der Waals surface area contributed by atoms with Gasteiger partial charge >= 0.3 is 5.97 Å². The molecule has 62 valence electrons. The third-order valence-corrected chi connectivity index (χ3v) is 1.35. The van der Waals surface area contributed by atoms with E-state index in [-0.39, 0.29) is 5.97 Å². The first kappa shape index (κ1) is 8.07. The average molecular weight is 157 g/mol. The van der Waals surface area contributed by atoms with Crippen LogP contribution in [0.2, 0.25) is 0 Å². The summed E-state index contributed by atoms with van der Waals surface area (Å²) in [6.45, 7) is 1.91. The number of nitrogens with one attached hydrogen (secondary N) is 1. The largest absolute Gasteiger partial charge is 0.466 e. The van der Waals surface area contributed by atoms with Crippen molar-refractivity contribution < 1.29 is 14.3 Å². The molecule has 0 bridgehead atoms. The Morgan fingerprint density at radius 3 is 3.18 bits per heavy atom. The van der Waals surface area contributed by atoms with Crippen LogP contribution in [0.4, 0.5) is 0 Å². The lowest BCUT2D eigenvalue weighted by Crippen LogP contribution is -2.29. The lowest BCUT2D eigenvalue weighted by atomic mass is 10.3. The van der Waals surface area contributed by atoms with E-state index in [0.29, 0.717) is 13.2 Å². The molecule has 4 heteroatoms. The quantitative estimate of drug-likeness (QED) is 0.418. The van der Waals surface area contributed by atoms with Crippen molar-refractivity contribution in [1.29, 1.82) is 0 Å². The zero-order valence-corrected chi connectivity index (χ0v) is 6.42. The van der Waals surface area contributed by atoms with Gasteiger partial charge in [-0.3, -0.25) is 0 Å². The highest BCUT2D eigenvalue weighted by atomic mass is 16.5. The molecule has 0 radical (unpaired) electrons. The van der Waals surface area contributed by atoms with Gasteiger partial charge in [0.2, 0.25) is 0 Å². The maximum Gasteiger partial charge on any atom is 0.332 e. The SMILES string of the molecule is COC(=O)/C=C1\COCCN1. The van der Waals surface area contributed by atoms with Crippen LogP contribution in [0.15, 0.2) is 11.8 Å². The number of esters is 1. The van der Waals surface area contributed by atoms with Gasteiger partial charge < -0.3 is 14.8 Å². The topological polar surface area (TPSA) is 47.6 Å². The predicted octanol–water partition coefficient (Wildman–Crippen LogP) is -0.337. The maximum atomic E-state index is 10.7. The summed E-state index contributed by atoms with van der Waals surface area (Å²) < 4.78 is 9.53. The Morgan fingerprint density at radius 1 is 1.82 bits per heavy atom. The molecule has 0 unspecified atom stereocenters. The smallest absolute Gasteiger partial charge is 0.332 e. The average Bonchev–Trinajstić information content (AvgIpc) is 2.06. The fourth-order valence-corrected chi connectivity index (χ4v) is 0.811. The number of carbonyl (C=O) groups is 1. The van der Waals surface area contributed by atoms with Crippen molar-refractivity contribution in [2.75, 3.05) is 26.9 Å². The first-order valence-electron chi connectivity index (χ1n) is 3.43. The van der Waals surface area contributed by atoms with E-state index in [4.69, 9.17) is 4.74 Å². The number of morpholine rings is 1. The van der Waals surface area contributed by atoms with Crippen LogP contribution in [0.3, 0.4) is 0 Å². The lowest BCUT2D eigenvalue weighted by molar-refractivity contribution is -0.135. The molecule has 0 aliphatic carbocycles. The summed E-state index contributed by atoms with van der Waals surface area (Å²) in [4.78, 5) is 10.7. The van der Waals surface area contributed by atoms with Crippen LogP contribution in [0, 0.1) is 0 Å². The Labute approximate surface area is 65.2 Å². The van der Waals surface area contributed by atoms with Crippen LogP contribution in [-0.2, 0) is 14.3 Å². The van der Waals surface area contributed by atoms with Gasteiger partial charge in [0.25, 0.3) is 0 Å². The van der Waals surface area contributed by atoms with Crippen molar-refractivity contribution >= 4 is 5.97 Å². The Bertz CT molecular complexity index is 169. The lowest BCUT2D eigenvalue weighted by Gasteiger charge is -2.16. The molecule has 1 aliphatic rings. The van der Waals surface area contributed by atoms with E-state index in [0.717, 1.165) is 12.2 Å². The normalized spacial score (nSPS) is 21.0. The van der Waals surface area contributed by atoms with Gasteiger partial charge in [-0.05, 0) is 0 Å². The molecule has 4 nitrogen and oxygen atoms in total. The van der Waals surface area contributed by atoms with E-state index in [1.54, 1.807) is 0 Å². The minimum atomic E-state index is -0.349. The van der Waals surface area contributed by atoms with Crippen LogP contribution in [0.5, 0.6) is 0 Å². The van der Waals surface area contributed by atoms with Gasteiger partial charge in [-0.25, -0.2) is 4.79 Å². The first-order chi connectivity index (χ1) is 5.33. The zero-order valence-electron chi connectivity index (χ0n) is 6.42. The van der Waals surface area contributed by atoms with Crippen LogP contribution in [0.1, 0.15) is 0 Å². The van der Waals surface area contributed by atoms with Crippen molar-refractivity contribution in [3.63, 3.8) is 0 Å². The van der Waals surface area contributed by atoms with Crippen molar-refractivity contribution in [1.82, 2.24) is 5.32 Å². The van der Waals surface area contributed by atoms with Gasteiger partial charge in [0.1, 0.15) is 0 Å². The molecule has 1 rings (SSSR count). The summed E-state index contributed by atoms with van der Waals surface area (Å²) in [7, 11) is 1.35. The number of hydrogen-bond acceptors (Lipinski definition) is 4. The van der Waals surface area contributed by atoms with Crippen LogP contribution >= 0.6 is 0 Å². The first-order valence-corrected chi connectivity index (χ1v) is 3.43. The molecule has 0 amide bonds. The highest BCUT2D eigenvalue weighted by Gasteiger charge is 2.05. The molecule has 1 heterocycles. The highest BCUT2D eigenvalue weighted by Crippen LogP contribution is 1.96. The van der Waals surface area contributed by atoms with Crippen molar-refractivity contribution in [2.45, 2.75) is 0 Å². The Balaban J connectivity index is 2.43. The van der Waals surface area contributed by atoms with Crippen molar-refractivity contribution in [3.05, 3.63) is 11.8 Å². The van der Waals surface area contributed by atoms with Gasteiger partial charge in [0, 0.05) is 18.3 Å². The summed E-state index contributed by atoms with van der Waals surface area (Å²) in [6.07, 6.45) is 1.40. The monoisotopic (exact) mass is 157 g/mol. The molecule has 1 saturated heterocycles. The summed E-state index contributed by atoms with van der Waals surface area (Å²) in [6, 6.07) is 0. The Morgan fingerprint density at radius 2 is 2.64 bits per heavy atom. The van der Waals surface area contributed by atoms with E-state index in [2.05, 4.69) is 10.1 Å². The molecule has 0 saturated carbocycles. The minimum Gasteiger partial charge on any atom is -0.466 e. The van der Waals surface area contributed by atoms with E-state index in [1.165, 1.54) is 13.2 Å². The number of methoxy groups -OCH3 is 1. The zero-order chi connectivity index (χ0) is 8.10. The van der Waals surface area contributed by atoms with Gasteiger partial charge in [0.15, 0.2) is 0 Å². The second kappa shape index (κ2) is 3.98. The molecule has 0 aromatic heterocycles. The van der Waals surface area contributed by atoms with Crippen LogP contribution in [-0.4, -0.2) is 32.8 Å². The summed E-state index contributed by atoms with van der Waals surface area (Å²) in [5.74, 6) is -0.349. The second-order valence-corrected chi connectivity index (χ2v) is 2.17. The number of ether oxygens (including phenoxy) is 2. The fourth-order valence-electron chi connectivity index (χ4n) is 0.811. The standard InChI is InChI=1S/C7H11NO3/c1-10-7(9)4-6-5-11-3-2-8-6/h4,8H,2-3,5H2,1H3/b6-4+. The summed E-state index contributed by atoms with van der Waals surface area (Å²) in [5.41, 5.74) is 0.781. The molecule has 1 aliphatic heterocycles.